The Morgan fingerprint density at radius 2 is 2.16 bits per heavy atom. The number of rotatable bonds is 2. The topological polar surface area (TPSA) is 69.8 Å². The summed E-state index contributed by atoms with van der Waals surface area (Å²) in [6.07, 6.45) is 2.29. The van der Waals surface area contributed by atoms with Gasteiger partial charge < -0.3 is 10.3 Å². The Bertz CT molecular complexity index is 588. The molecule has 1 aliphatic rings. The first kappa shape index (κ1) is 11.9. The number of nitrogens with one attached hydrogen (secondary N) is 3. The zero-order valence-electron chi connectivity index (χ0n) is 10.7. The zero-order chi connectivity index (χ0) is 13.2. The second kappa shape index (κ2) is 4.85. The number of aryl methyl sites for hydroxylation is 1. The van der Waals surface area contributed by atoms with Gasteiger partial charge in [0.1, 0.15) is 0 Å². The van der Waals surface area contributed by atoms with Crippen molar-refractivity contribution in [3.05, 3.63) is 47.5 Å². The van der Waals surface area contributed by atoms with Gasteiger partial charge in [-0.1, -0.05) is 17.7 Å². The van der Waals surface area contributed by atoms with E-state index in [1.54, 1.807) is 6.33 Å². The van der Waals surface area contributed by atoms with Gasteiger partial charge in [-0.15, -0.1) is 0 Å². The number of hydrogen-bond acceptors (Lipinski definition) is 3. The lowest BCUT2D eigenvalue weighted by Gasteiger charge is -2.22. The second-order valence-corrected chi connectivity index (χ2v) is 4.82. The molecule has 0 saturated heterocycles. The van der Waals surface area contributed by atoms with Crippen molar-refractivity contribution in [1.29, 1.82) is 0 Å². The van der Waals surface area contributed by atoms with E-state index >= 15 is 0 Å². The fraction of sp³-hybridized carbons (Fsp3) is 0.286. The third kappa shape index (κ3) is 2.51. The zero-order valence-corrected chi connectivity index (χ0v) is 10.7. The van der Waals surface area contributed by atoms with Crippen molar-refractivity contribution in [3.63, 3.8) is 0 Å². The molecule has 0 aliphatic carbocycles. The molecule has 1 unspecified atom stereocenters. The van der Waals surface area contributed by atoms with Gasteiger partial charge in [-0.25, -0.2) is 4.98 Å². The van der Waals surface area contributed by atoms with Crippen LogP contribution in [0, 0.1) is 6.92 Å². The molecular weight excluding hydrogens is 240 g/mol. The van der Waals surface area contributed by atoms with Crippen molar-refractivity contribution in [3.8, 4) is 0 Å². The highest BCUT2D eigenvalue weighted by Crippen LogP contribution is 2.14. The number of hydrogen-bond donors (Lipinski definition) is 3. The number of benzene rings is 1. The Morgan fingerprint density at radius 3 is 2.95 bits per heavy atom. The van der Waals surface area contributed by atoms with Gasteiger partial charge in [-0.3, -0.25) is 10.1 Å². The number of aromatic amines is 1. The molecule has 0 spiro atoms. The normalized spacial score (nSPS) is 17.8. The molecule has 1 amide bonds. The largest absolute Gasteiger partial charge is 0.347 e. The fourth-order valence-corrected chi connectivity index (χ4v) is 2.22. The van der Waals surface area contributed by atoms with E-state index in [1.165, 1.54) is 5.56 Å². The molecule has 19 heavy (non-hydrogen) atoms. The molecular formula is C14H16N4O. The van der Waals surface area contributed by atoms with E-state index < -0.39 is 0 Å². The molecule has 2 aromatic rings. The second-order valence-electron chi connectivity index (χ2n) is 4.82. The van der Waals surface area contributed by atoms with E-state index in [1.807, 2.05) is 31.2 Å². The maximum atomic E-state index is 12.2. The Balaban J connectivity index is 1.67. The standard InChI is InChI=1S/C14H16N4O/c1-9-2-4-10(5-3-9)18-14(19)12-6-11-13(7-15-12)17-8-16-11/h2-5,8,12,15H,6-7H2,1H3,(H,16,17)(H,18,19). The van der Waals surface area contributed by atoms with E-state index in [0.29, 0.717) is 13.0 Å². The van der Waals surface area contributed by atoms with Crippen LogP contribution in [0.5, 0.6) is 0 Å². The number of aromatic nitrogens is 2. The third-order valence-electron chi connectivity index (χ3n) is 3.37. The SMILES string of the molecule is Cc1ccc(NC(=O)C2Cc3nc[nH]c3CN2)cc1. The number of amides is 1. The van der Waals surface area contributed by atoms with Gasteiger partial charge in [-0.05, 0) is 19.1 Å². The number of nitrogens with zero attached hydrogens (tertiary/aromatic N) is 1. The van der Waals surface area contributed by atoms with Crippen molar-refractivity contribution < 1.29 is 4.79 Å². The summed E-state index contributed by atoms with van der Waals surface area (Å²) >= 11 is 0. The highest BCUT2D eigenvalue weighted by molar-refractivity contribution is 5.95. The number of anilines is 1. The van der Waals surface area contributed by atoms with E-state index in [9.17, 15) is 4.79 Å². The maximum absolute atomic E-state index is 12.2. The lowest BCUT2D eigenvalue weighted by molar-refractivity contribution is -0.118. The molecule has 1 aromatic carbocycles. The van der Waals surface area contributed by atoms with Crippen LogP contribution in [0.4, 0.5) is 5.69 Å². The van der Waals surface area contributed by atoms with Gasteiger partial charge in [0.05, 0.1) is 23.8 Å². The first-order chi connectivity index (χ1) is 9.22. The minimum atomic E-state index is -0.225. The quantitative estimate of drug-likeness (QED) is 0.760. The number of H-pyrrole nitrogens is 1. The Hall–Kier alpha value is -2.14. The van der Waals surface area contributed by atoms with Crippen LogP contribution in [0.25, 0.3) is 0 Å². The van der Waals surface area contributed by atoms with Crippen LogP contribution in [0.2, 0.25) is 0 Å². The number of imidazole rings is 1. The van der Waals surface area contributed by atoms with Gasteiger partial charge in [-0.2, -0.15) is 0 Å². The third-order valence-corrected chi connectivity index (χ3v) is 3.37. The highest BCUT2D eigenvalue weighted by Gasteiger charge is 2.25. The summed E-state index contributed by atoms with van der Waals surface area (Å²) < 4.78 is 0. The van der Waals surface area contributed by atoms with Gasteiger partial charge in [0, 0.05) is 18.7 Å². The van der Waals surface area contributed by atoms with E-state index in [0.717, 1.165) is 17.1 Å². The van der Waals surface area contributed by atoms with E-state index in [4.69, 9.17) is 0 Å². The lowest BCUT2D eigenvalue weighted by atomic mass is 10.0. The Morgan fingerprint density at radius 1 is 1.37 bits per heavy atom. The molecule has 5 nitrogen and oxygen atoms in total. The minimum Gasteiger partial charge on any atom is -0.347 e. The molecule has 0 saturated carbocycles. The monoisotopic (exact) mass is 256 g/mol. The Kier molecular flexibility index (Phi) is 3.05. The predicted octanol–water partition coefficient (Wildman–Crippen LogP) is 1.37. The summed E-state index contributed by atoms with van der Waals surface area (Å²) in [7, 11) is 0. The molecule has 5 heteroatoms. The molecule has 1 aliphatic heterocycles. The number of carbonyl (C=O) groups is 1. The van der Waals surface area contributed by atoms with Crippen LogP contribution in [0.3, 0.4) is 0 Å². The number of carbonyl (C=O) groups excluding carboxylic acids is 1. The van der Waals surface area contributed by atoms with E-state index in [2.05, 4.69) is 20.6 Å². The van der Waals surface area contributed by atoms with Gasteiger partial charge in [0.15, 0.2) is 0 Å². The molecule has 1 atom stereocenters. The summed E-state index contributed by atoms with van der Waals surface area (Å²) in [5.74, 6) is -0.0162. The molecule has 0 bridgehead atoms. The van der Waals surface area contributed by atoms with Crippen molar-refractivity contribution in [2.24, 2.45) is 0 Å². The number of fused-ring (bicyclic) bond motifs is 1. The summed E-state index contributed by atoms with van der Waals surface area (Å²) in [4.78, 5) is 19.5. The summed E-state index contributed by atoms with van der Waals surface area (Å²) in [5, 5.41) is 6.13. The van der Waals surface area contributed by atoms with Crippen LogP contribution in [-0.4, -0.2) is 21.9 Å². The van der Waals surface area contributed by atoms with Crippen LogP contribution in [-0.2, 0) is 17.8 Å². The fourth-order valence-electron chi connectivity index (χ4n) is 2.22. The van der Waals surface area contributed by atoms with Crippen molar-refractivity contribution in [2.75, 3.05) is 5.32 Å². The first-order valence-corrected chi connectivity index (χ1v) is 6.34. The van der Waals surface area contributed by atoms with Crippen LogP contribution in [0.15, 0.2) is 30.6 Å². The molecule has 98 valence electrons. The summed E-state index contributed by atoms with van der Waals surface area (Å²) in [5.41, 5.74) is 4.04. The summed E-state index contributed by atoms with van der Waals surface area (Å²) in [6.45, 7) is 2.68. The van der Waals surface area contributed by atoms with Crippen molar-refractivity contribution >= 4 is 11.6 Å². The molecule has 2 heterocycles. The van der Waals surface area contributed by atoms with E-state index in [-0.39, 0.29) is 11.9 Å². The average molecular weight is 256 g/mol. The molecule has 0 radical (unpaired) electrons. The average Bonchev–Trinajstić information content (AvgIpc) is 2.88. The lowest BCUT2D eigenvalue weighted by Crippen LogP contribution is -2.44. The molecule has 3 rings (SSSR count). The smallest absolute Gasteiger partial charge is 0.241 e. The molecule has 3 N–H and O–H groups in total. The predicted molar refractivity (Wildman–Crippen MR) is 72.7 cm³/mol. The van der Waals surface area contributed by atoms with Crippen LogP contribution >= 0.6 is 0 Å². The van der Waals surface area contributed by atoms with Crippen LogP contribution in [0.1, 0.15) is 17.0 Å². The van der Waals surface area contributed by atoms with Crippen LogP contribution < -0.4 is 10.6 Å². The van der Waals surface area contributed by atoms with Gasteiger partial charge in [0.2, 0.25) is 5.91 Å². The van der Waals surface area contributed by atoms with Crippen molar-refractivity contribution in [1.82, 2.24) is 15.3 Å². The molecule has 0 fully saturated rings. The first-order valence-electron chi connectivity index (χ1n) is 6.34. The van der Waals surface area contributed by atoms with Gasteiger partial charge >= 0.3 is 0 Å². The maximum Gasteiger partial charge on any atom is 0.241 e. The summed E-state index contributed by atoms with van der Waals surface area (Å²) in [6, 6.07) is 7.56. The molecule has 1 aromatic heterocycles. The van der Waals surface area contributed by atoms with Crippen molar-refractivity contribution in [2.45, 2.75) is 25.9 Å². The highest BCUT2D eigenvalue weighted by atomic mass is 16.2. The minimum absolute atomic E-state index is 0.0162. The van der Waals surface area contributed by atoms with Gasteiger partial charge in [0.25, 0.3) is 0 Å². The Labute approximate surface area is 111 Å².